The van der Waals surface area contributed by atoms with Crippen LogP contribution < -0.4 is 0 Å². The molecule has 1 aliphatic rings. The molecule has 5 nitrogen and oxygen atoms in total. The Labute approximate surface area is 102 Å². The van der Waals surface area contributed by atoms with Crippen LogP contribution in [0.2, 0.25) is 0 Å². The third-order valence-electron chi connectivity index (χ3n) is 2.69. The van der Waals surface area contributed by atoms with E-state index in [1.807, 2.05) is 0 Å². The molecule has 9 heteroatoms. The Morgan fingerprint density at radius 1 is 1.50 bits per heavy atom. The first-order chi connectivity index (χ1) is 8.06. The van der Waals surface area contributed by atoms with Gasteiger partial charge in [0.1, 0.15) is 0 Å². The van der Waals surface area contributed by atoms with Crippen LogP contribution in [0.5, 0.6) is 0 Å². The molecule has 0 bridgehead atoms. The van der Waals surface area contributed by atoms with Gasteiger partial charge in [0.05, 0.1) is 0 Å². The predicted octanol–water partition coefficient (Wildman–Crippen LogP) is 0.984. The largest absolute Gasteiger partial charge is 0.480 e. The molecule has 1 N–H and O–H groups in total. The standard InChI is InChI=1S/C9H12F3NO4S/c1-6(8(14)15)18(16,17)13-4-2-7(3-5-13)9(10,11)12/h2,6H,3-5H2,1H3,(H,14,15). The Morgan fingerprint density at radius 2 is 2.06 bits per heavy atom. The fourth-order valence-electron chi connectivity index (χ4n) is 1.49. The summed E-state index contributed by atoms with van der Waals surface area (Å²) in [5, 5.41) is 6.96. The lowest BCUT2D eigenvalue weighted by Crippen LogP contribution is -2.43. The first-order valence-corrected chi connectivity index (χ1v) is 6.55. The third kappa shape index (κ3) is 3.02. The van der Waals surface area contributed by atoms with Crippen molar-refractivity contribution in [1.29, 1.82) is 0 Å². The molecule has 1 rings (SSSR count). The molecule has 18 heavy (non-hydrogen) atoms. The number of carboxylic acids is 1. The summed E-state index contributed by atoms with van der Waals surface area (Å²) in [6.07, 6.45) is -4.15. The highest BCUT2D eigenvalue weighted by molar-refractivity contribution is 7.90. The topological polar surface area (TPSA) is 74.7 Å². The Kier molecular flexibility index (Phi) is 4.06. The van der Waals surface area contributed by atoms with Gasteiger partial charge in [-0.3, -0.25) is 4.79 Å². The SMILES string of the molecule is CC(C(=O)O)S(=O)(=O)N1CC=C(C(F)(F)F)CC1. The van der Waals surface area contributed by atoms with Gasteiger partial charge in [-0.1, -0.05) is 6.08 Å². The number of aliphatic carboxylic acids is 1. The van der Waals surface area contributed by atoms with Gasteiger partial charge in [0.15, 0.2) is 5.25 Å². The summed E-state index contributed by atoms with van der Waals surface area (Å²) in [4.78, 5) is 10.6. The summed E-state index contributed by atoms with van der Waals surface area (Å²) in [6, 6.07) is 0. The summed E-state index contributed by atoms with van der Waals surface area (Å²) in [7, 11) is -4.11. The number of sulfonamides is 1. The molecular weight excluding hydrogens is 275 g/mol. The van der Waals surface area contributed by atoms with Crippen molar-refractivity contribution in [2.75, 3.05) is 13.1 Å². The van der Waals surface area contributed by atoms with Gasteiger partial charge in [-0.25, -0.2) is 8.42 Å². The Morgan fingerprint density at radius 3 is 2.39 bits per heavy atom. The van der Waals surface area contributed by atoms with Crippen LogP contribution in [-0.4, -0.2) is 48.3 Å². The Balaban J connectivity index is 2.86. The van der Waals surface area contributed by atoms with Crippen LogP contribution in [0.25, 0.3) is 0 Å². The molecule has 0 fully saturated rings. The lowest BCUT2D eigenvalue weighted by atomic mass is 10.1. The van der Waals surface area contributed by atoms with Crippen molar-refractivity contribution in [2.45, 2.75) is 24.8 Å². The minimum atomic E-state index is -4.46. The number of hydrogen-bond acceptors (Lipinski definition) is 3. The molecular formula is C9H12F3NO4S. The van der Waals surface area contributed by atoms with Gasteiger partial charge in [-0.2, -0.15) is 17.5 Å². The molecule has 1 atom stereocenters. The van der Waals surface area contributed by atoms with Crippen LogP contribution in [0.1, 0.15) is 13.3 Å². The molecule has 0 saturated carbocycles. The Hall–Kier alpha value is -1.09. The summed E-state index contributed by atoms with van der Waals surface area (Å²) in [5.74, 6) is -1.53. The summed E-state index contributed by atoms with van der Waals surface area (Å²) < 4.78 is 61.2. The molecule has 0 aromatic rings. The van der Waals surface area contributed by atoms with Crippen molar-refractivity contribution in [2.24, 2.45) is 0 Å². The minimum absolute atomic E-state index is 0.356. The zero-order valence-corrected chi connectivity index (χ0v) is 10.3. The molecule has 0 saturated heterocycles. The molecule has 1 unspecified atom stereocenters. The van der Waals surface area contributed by atoms with E-state index < -0.39 is 46.0 Å². The summed E-state index contributed by atoms with van der Waals surface area (Å²) in [5.41, 5.74) is -0.781. The highest BCUT2D eigenvalue weighted by Gasteiger charge is 2.39. The van der Waals surface area contributed by atoms with Gasteiger partial charge in [0.25, 0.3) is 0 Å². The van der Waals surface area contributed by atoms with E-state index in [0.717, 1.165) is 17.3 Å². The maximum absolute atomic E-state index is 12.3. The van der Waals surface area contributed by atoms with Gasteiger partial charge >= 0.3 is 12.1 Å². The highest BCUT2D eigenvalue weighted by atomic mass is 32.2. The number of halogens is 3. The van der Waals surface area contributed by atoms with Crippen LogP contribution in [0, 0.1) is 0 Å². The molecule has 0 aromatic carbocycles. The summed E-state index contributed by atoms with van der Waals surface area (Å²) in [6.45, 7) is 0.181. The molecule has 1 aliphatic heterocycles. The highest BCUT2D eigenvalue weighted by Crippen LogP contribution is 2.31. The van der Waals surface area contributed by atoms with E-state index in [-0.39, 0.29) is 6.54 Å². The first kappa shape index (κ1) is 15.0. The molecule has 0 spiro atoms. The van der Waals surface area contributed by atoms with Crippen molar-refractivity contribution in [1.82, 2.24) is 4.31 Å². The van der Waals surface area contributed by atoms with Gasteiger partial charge in [-0.15, -0.1) is 0 Å². The van der Waals surface area contributed by atoms with E-state index in [9.17, 15) is 26.4 Å². The maximum atomic E-state index is 12.3. The van der Waals surface area contributed by atoms with Gasteiger partial charge in [0, 0.05) is 18.7 Å². The number of nitrogens with zero attached hydrogens (tertiary/aromatic N) is 1. The van der Waals surface area contributed by atoms with E-state index >= 15 is 0 Å². The molecule has 0 radical (unpaired) electrons. The van der Waals surface area contributed by atoms with Crippen molar-refractivity contribution in [3.8, 4) is 0 Å². The number of carbonyl (C=O) groups is 1. The second kappa shape index (κ2) is 4.88. The van der Waals surface area contributed by atoms with E-state index in [4.69, 9.17) is 5.11 Å². The van der Waals surface area contributed by atoms with E-state index in [1.165, 1.54) is 0 Å². The van der Waals surface area contributed by atoms with Crippen molar-refractivity contribution < 1.29 is 31.5 Å². The fraction of sp³-hybridized carbons (Fsp3) is 0.667. The van der Waals surface area contributed by atoms with Crippen LogP contribution >= 0.6 is 0 Å². The molecule has 0 amide bonds. The average molecular weight is 287 g/mol. The molecule has 104 valence electrons. The predicted molar refractivity (Wildman–Crippen MR) is 56.3 cm³/mol. The number of rotatable bonds is 3. The van der Waals surface area contributed by atoms with E-state index in [0.29, 0.717) is 0 Å². The monoisotopic (exact) mass is 287 g/mol. The van der Waals surface area contributed by atoms with Crippen molar-refractivity contribution in [3.63, 3.8) is 0 Å². The van der Waals surface area contributed by atoms with E-state index in [2.05, 4.69) is 0 Å². The second-order valence-electron chi connectivity index (χ2n) is 3.86. The first-order valence-electron chi connectivity index (χ1n) is 5.05. The molecule has 0 aromatic heterocycles. The van der Waals surface area contributed by atoms with Crippen LogP contribution in [-0.2, 0) is 14.8 Å². The number of carboxylic acid groups (broad SMARTS) is 1. The van der Waals surface area contributed by atoms with Crippen molar-refractivity contribution >= 4 is 16.0 Å². The quantitative estimate of drug-likeness (QED) is 0.785. The molecule has 1 heterocycles. The van der Waals surface area contributed by atoms with E-state index in [1.54, 1.807) is 0 Å². The van der Waals surface area contributed by atoms with Crippen LogP contribution in [0.3, 0.4) is 0 Å². The number of hydrogen-bond donors (Lipinski definition) is 1. The van der Waals surface area contributed by atoms with Gasteiger partial charge < -0.3 is 5.11 Å². The second-order valence-corrected chi connectivity index (χ2v) is 6.11. The zero-order valence-electron chi connectivity index (χ0n) is 9.44. The number of alkyl halides is 3. The Bertz CT molecular complexity index is 469. The molecule has 0 aliphatic carbocycles. The third-order valence-corrected chi connectivity index (χ3v) is 4.84. The smallest absolute Gasteiger partial charge is 0.412 e. The normalized spacial score (nSPS) is 20.3. The van der Waals surface area contributed by atoms with Crippen molar-refractivity contribution in [3.05, 3.63) is 11.6 Å². The fourth-order valence-corrected chi connectivity index (χ4v) is 2.82. The zero-order chi connectivity index (χ0) is 14.1. The summed E-state index contributed by atoms with van der Waals surface area (Å²) >= 11 is 0. The maximum Gasteiger partial charge on any atom is 0.412 e. The van der Waals surface area contributed by atoms with Crippen LogP contribution in [0.15, 0.2) is 11.6 Å². The van der Waals surface area contributed by atoms with Crippen LogP contribution in [0.4, 0.5) is 13.2 Å². The minimum Gasteiger partial charge on any atom is -0.480 e. The lowest BCUT2D eigenvalue weighted by Gasteiger charge is -2.27. The van der Waals surface area contributed by atoms with Gasteiger partial charge in [0.2, 0.25) is 10.0 Å². The average Bonchev–Trinajstić information content (AvgIpc) is 2.26. The van der Waals surface area contributed by atoms with Gasteiger partial charge in [-0.05, 0) is 13.3 Å². The lowest BCUT2D eigenvalue weighted by molar-refractivity contribution is -0.136.